The van der Waals surface area contributed by atoms with Gasteiger partial charge in [0.25, 0.3) is 0 Å². The van der Waals surface area contributed by atoms with Gasteiger partial charge in [0.1, 0.15) is 11.6 Å². The topological polar surface area (TPSA) is 83.0 Å². The second-order valence-electron chi connectivity index (χ2n) is 6.15. The lowest BCUT2D eigenvalue weighted by Crippen LogP contribution is -2.24. The quantitative estimate of drug-likeness (QED) is 0.307. The average Bonchev–Trinajstić information content (AvgIpc) is 2.74. The number of thiocarbonyl (C=S) groups is 1. The summed E-state index contributed by atoms with van der Waals surface area (Å²) in [6.07, 6.45) is 1.55. The first kappa shape index (κ1) is 20.9. The molecule has 3 N–H and O–H groups in total. The molecule has 0 amide bonds. The molecule has 0 aromatic heterocycles. The van der Waals surface area contributed by atoms with Crippen LogP contribution in [0.5, 0.6) is 5.75 Å². The third-order valence-corrected chi connectivity index (χ3v) is 4.34. The fraction of sp³-hybridized carbons (Fsp3) is 0.0455. The number of carboxylic acids is 1. The minimum atomic E-state index is -1.02. The molecule has 8 heteroatoms. The highest BCUT2D eigenvalue weighted by atomic mass is 32.1. The van der Waals surface area contributed by atoms with Crippen LogP contribution in [-0.4, -0.2) is 29.5 Å². The number of rotatable bonds is 6. The first-order valence-electron chi connectivity index (χ1n) is 8.84. The molecule has 0 bridgehead atoms. The van der Waals surface area contributed by atoms with Gasteiger partial charge in [-0.2, -0.15) is 5.10 Å². The Balaban J connectivity index is 1.72. The maximum Gasteiger partial charge on any atom is 0.335 e. The number of ether oxygens (including phenoxy) is 1. The van der Waals surface area contributed by atoms with Crippen molar-refractivity contribution in [3.63, 3.8) is 0 Å². The van der Waals surface area contributed by atoms with Crippen molar-refractivity contribution in [1.82, 2.24) is 5.43 Å². The van der Waals surface area contributed by atoms with Crippen molar-refractivity contribution >= 4 is 35.2 Å². The second-order valence-corrected chi connectivity index (χ2v) is 6.55. The average molecular weight is 423 g/mol. The first-order chi connectivity index (χ1) is 14.5. The van der Waals surface area contributed by atoms with Gasteiger partial charge in [0.05, 0.1) is 18.9 Å². The summed E-state index contributed by atoms with van der Waals surface area (Å²) in [7, 11) is 1.55. The van der Waals surface area contributed by atoms with Crippen LogP contribution >= 0.6 is 12.2 Å². The van der Waals surface area contributed by atoms with Crippen molar-refractivity contribution in [3.8, 4) is 16.9 Å². The van der Waals surface area contributed by atoms with E-state index in [1.54, 1.807) is 37.6 Å². The maximum atomic E-state index is 13.2. The summed E-state index contributed by atoms with van der Waals surface area (Å²) in [6, 6.07) is 17.9. The van der Waals surface area contributed by atoms with E-state index >= 15 is 0 Å². The van der Waals surface area contributed by atoms with Crippen LogP contribution < -0.4 is 15.5 Å². The van der Waals surface area contributed by atoms with Gasteiger partial charge in [-0.3, -0.25) is 5.43 Å². The molecule has 3 rings (SSSR count). The second kappa shape index (κ2) is 9.62. The lowest BCUT2D eigenvalue weighted by molar-refractivity contribution is 0.0697. The smallest absolute Gasteiger partial charge is 0.335 e. The monoisotopic (exact) mass is 423 g/mol. The number of carboxylic acid groups (broad SMARTS) is 1. The Kier molecular flexibility index (Phi) is 6.71. The van der Waals surface area contributed by atoms with E-state index in [0.29, 0.717) is 17.0 Å². The Morgan fingerprint density at radius 3 is 2.57 bits per heavy atom. The van der Waals surface area contributed by atoms with E-state index in [-0.39, 0.29) is 16.5 Å². The molecular formula is C22H18FN3O3S. The number of nitrogens with one attached hydrogen (secondary N) is 2. The zero-order valence-corrected chi connectivity index (χ0v) is 16.7. The highest BCUT2D eigenvalue weighted by Gasteiger charge is 2.10. The van der Waals surface area contributed by atoms with Gasteiger partial charge in [-0.1, -0.05) is 30.3 Å². The molecule has 0 aliphatic heterocycles. The number of halogens is 1. The number of carbonyl (C=O) groups is 1. The first-order valence-corrected chi connectivity index (χ1v) is 9.25. The van der Waals surface area contributed by atoms with Crippen molar-refractivity contribution in [2.24, 2.45) is 5.10 Å². The van der Waals surface area contributed by atoms with Gasteiger partial charge in [0.2, 0.25) is 0 Å². The molecule has 0 heterocycles. The fourth-order valence-electron chi connectivity index (χ4n) is 2.79. The number of anilines is 1. The molecule has 0 aliphatic carbocycles. The Bertz CT molecular complexity index is 1100. The Morgan fingerprint density at radius 2 is 1.87 bits per heavy atom. The van der Waals surface area contributed by atoms with Gasteiger partial charge >= 0.3 is 5.97 Å². The van der Waals surface area contributed by atoms with Crippen molar-refractivity contribution in [3.05, 3.63) is 83.7 Å². The van der Waals surface area contributed by atoms with E-state index in [2.05, 4.69) is 15.8 Å². The molecule has 0 aliphatic rings. The number of aromatic carboxylic acids is 1. The van der Waals surface area contributed by atoms with Crippen LogP contribution in [0.15, 0.2) is 71.8 Å². The number of hydrogen-bond donors (Lipinski definition) is 3. The van der Waals surface area contributed by atoms with Gasteiger partial charge in [0.15, 0.2) is 5.11 Å². The standard InChI is InChI=1S/C22H18FN3O3S/c1-29-20-16(5-3-7-19(20)14-8-10-17(23)11-9-14)13-24-26-22(30)25-18-6-2-4-15(12-18)21(27)28/h2-13H,1H3,(H,27,28)(H2,25,26,30)/b24-13+. The van der Waals surface area contributed by atoms with Crippen LogP contribution in [0.2, 0.25) is 0 Å². The van der Waals surface area contributed by atoms with Gasteiger partial charge < -0.3 is 15.2 Å². The number of benzene rings is 3. The third kappa shape index (κ3) is 5.18. The Labute approximate surface area is 178 Å². The predicted molar refractivity (Wildman–Crippen MR) is 119 cm³/mol. The van der Waals surface area contributed by atoms with Crippen LogP contribution in [-0.2, 0) is 0 Å². The highest BCUT2D eigenvalue weighted by molar-refractivity contribution is 7.80. The number of nitrogens with zero attached hydrogens (tertiary/aromatic N) is 1. The van der Waals surface area contributed by atoms with E-state index in [1.807, 2.05) is 18.2 Å². The Morgan fingerprint density at radius 1 is 1.13 bits per heavy atom. The van der Waals surface area contributed by atoms with E-state index in [4.69, 9.17) is 22.1 Å². The summed E-state index contributed by atoms with van der Waals surface area (Å²) >= 11 is 5.19. The molecule has 3 aromatic rings. The molecular weight excluding hydrogens is 405 g/mol. The molecule has 152 valence electrons. The molecule has 0 radical (unpaired) electrons. The normalized spacial score (nSPS) is 10.6. The lowest BCUT2D eigenvalue weighted by Gasteiger charge is -2.12. The zero-order valence-electron chi connectivity index (χ0n) is 15.9. The summed E-state index contributed by atoms with van der Waals surface area (Å²) in [5.74, 6) is -0.749. The highest BCUT2D eigenvalue weighted by Crippen LogP contribution is 2.32. The molecule has 0 fully saturated rings. The molecule has 0 atom stereocenters. The number of hydrogen-bond acceptors (Lipinski definition) is 4. The predicted octanol–water partition coefficient (Wildman–Crippen LogP) is 4.52. The largest absolute Gasteiger partial charge is 0.495 e. The van der Waals surface area contributed by atoms with Crippen molar-refractivity contribution in [1.29, 1.82) is 0 Å². The molecule has 0 spiro atoms. The van der Waals surface area contributed by atoms with Crippen molar-refractivity contribution in [2.75, 3.05) is 12.4 Å². The van der Waals surface area contributed by atoms with Crippen molar-refractivity contribution < 1.29 is 19.0 Å². The number of para-hydroxylation sites is 1. The fourth-order valence-corrected chi connectivity index (χ4v) is 2.96. The molecule has 0 saturated heterocycles. The van der Waals surface area contributed by atoms with Crippen LogP contribution in [0.25, 0.3) is 11.1 Å². The van der Waals surface area contributed by atoms with E-state index in [9.17, 15) is 9.18 Å². The zero-order chi connectivity index (χ0) is 21.5. The van der Waals surface area contributed by atoms with Gasteiger partial charge in [0, 0.05) is 16.8 Å². The molecule has 3 aromatic carbocycles. The number of hydrazone groups is 1. The minimum Gasteiger partial charge on any atom is -0.495 e. The SMILES string of the molecule is COc1c(/C=N/NC(=S)Nc2cccc(C(=O)O)c2)cccc1-c1ccc(F)cc1. The van der Waals surface area contributed by atoms with E-state index < -0.39 is 5.97 Å². The van der Waals surface area contributed by atoms with Gasteiger partial charge in [-0.05, 0) is 54.2 Å². The Hall–Kier alpha value is -3.78. The van der Waals surface area contributed by atoms with Crippen LogP contribution in [0, 0.1) is 5.82 Å². The molecule has 30 heavy (non-hydrogen) atoms. The minimum absolute atomic E-state index is 0.147. The molecule has 0 saturated carbocycles. The van der Waals surface area contributed by atoms with Crippen molar-refractivity contribution in [2.45, 2.75) is 0 Å². The van der Waals surface area contributed by atoms with Gasteiger partial charge in [-0.15, -0.1) is 0 Å². The van der Waals surface area contributed by atoms with Crippen LogP contribution in [0.4, 0.5) is 10.1 Å². The molecule has 0 unspecified atom stereocenters. The van der Waals surface area contributed by atoms with Gasteiger partial charge in [-0.25, -0.2) is 9.18 Å². The van der Waals surface area contributed by atoms with Crippen LogP contribution in [0.3, 0.4) is 0 Å². The maximum absolute atomic E-state index is 13.2. The summed E-state index contributed by atoms with van der Waals surface area (Å²) in [5.41, 5.74) is 5.66. The van der Waals surface area contributed by atoms with Crippen LogP contribution in [0.1, 0.15) is 15.9 Å². The van der Waals surface area contributed by atoms with E-state index in [0.717, 1.165) is 11.1 Å². The summed E-state index contributed by atoms with van der Waals surface area (Å²) in [6.45, 7) is 0. The third-order valence-electron chi connectivity index (χ3n) is 4.14. The van der Waals surface area contributed by atoms with E-state index in [1.165, 1.54) is 24.3 Å². The summed E-state index contributed by atoms with van der Waals surface area (Å²) in [4.78, 5) is 11.0. The number of methoxy groups -OCH3 is 1. The summed E-state index contributed by atoms with van der Waals surface area (Å²) < 4.78 is 18.7. The lowest BCUT2D eigenvalue weighted by atomic mass is 10.0. The molecule has 6 nitrogen and oxygen atoms in total. The summed E-state index contributed by atoms with van der Waals surface area (Å²) in [5, 5.41) is 16.2.